The number of ether oxygens (including phenoxy) is 1. The number of nitrogens with zero attached hydrogens (tertiary/aromatic N) is 1. The number of anilines is 1. The maximum absolute atomic E-state index is 11.7. The lowest BCUT2D eigenvalue weighted by atomic mass is 10.1. The van der Waals surface area contributed by atoms with Crippen molar-refractivity contribution in [2.75, 3.05) is 25.1 Å². The molecule has 0 bridgehead atoms. The molecule has 0 radical (unpaired) electrons. The van der Waals surface area contributed by atoms with Gasteiger partial charge < -0.3 is 9.64 Å². The van der Waals surface area contributed by atoms with Crippen molar-refractivity contribution in [2.24, 2.45) is 0 Å². The molecule has 0 saturated carbocycles. The lowest BCUT2D eigenvalue weighted by molar-refractivity contribution is 0.0601. The first-order valence-corrected chi connectivity index (χ1v) is 6.43. The molecular formula is C12H14INO2. The molecule has 1 aromatic rings. The number of hydrogen-bond acceptors (Lipinski definition) is 3. The molecule has 86 valence electrons. The molecule has 1 aliphatic heterocycles. The summed E-state index contributed by atoms with van der Waals surface area (Å²) in [5.41, 5.74) is 1.68. The average Bonchev–Trinajstić information content (AvgIpc) is 2.81. The van der Waals surface area contributed by atoms with Crippen molar-refractivity contribution in [3.8, 4) is 0 Å². The van der Waals surface area contributed by atoms with Crippen LogP contribution in [0.3, 0.4) is 0 Å². The van der Waals surface area contributed by atoms with Crippen LogP contribution in [0.15, 0.2) is 18.2 Å². The molecule has 16 heavy (non-hydrogen) atoms. The van der Waals surface area contributed by atoms with Crippen molar-refractivity contribution < 1.29 is 9.53 Å². The van der Waals surface area contributed by atoms with E-state index in [-0.39, 0.29) is 5.97 Å². The Balaban J connectivity index is 2.38. The van der Waals surface area contributed by atoms with E-state index in [1.165, 1.54) is 20.0 Å². The largest absolute Gasteiger partial charge is 0.465 e. The SMILES string of the molecule is COC(=O)c1cc(I)ccc1N1CCCC1. The van der Waals surface area contributed by atoms with Crippen molar-refractivity contribution in [3.63, 3.8) is 0 Å². The van der Waals surface area contributed by atoms with Crippen LogP contribution in [0.4, 0.5) is 5.69 Å². The highest BCUT2D eigenvalue weighted by atomic mass is 127. The van der Waals surface area contributed by atoms with E-state index >= 15 is 0 Å². The van der Waals surface area contributed by atoms with Gasteiger partial charge in [0.15, 0.2) is 0 Å². The lowest BCUT2D eigenvalue weighted by Crippen LogP contribution is -2.21. The third kappa shape index (κ3) is 2.31. The van der Waals surface area contributed by atoms with E-state index < -0.39 is 0 Å². The third-order valence-corrected chi connectivity index (χ3v) is 3.48. The van der Waals surface area contributed by atoms with Gasteiger partial charge in [-0.1, -0.05) is 0 Å². The minimum absolute atomic E-state index is 0.250. The van der Waals surface area contributed by atoms with Crippen molar-refractivity contribution >= 4 is 34.2 Å². The van der Waals surface area contributed by atoms with E-state index in [1.54, 1.807) is 0 Å². The van der Waals surface area contributed by atoms with Gasteiger partial charge in [-0.15, -0.1) is 0 Å². The van der Waals surface area contributed by atoms with Crippen LogP contribution in [-0.4, -0.2) is 26.2 Å². The number of benzene rings is 1. The van der Waals surface area contributed by atoms with Gasteiger partial charge in [0.05, 0.1) is 18.4 Å². The van der Waals surface area contributed by atoms with Gasteiger partial charge in [0.1, 0.15) is 0 Å². The van der Waals surface area contributed by atoms with Gasteiger partial charge in [0.2, 0.25) is 0 Å². The molecule has 1 heterocycles. The molecule has 0 aliphatic carbocycles. The van der Waals surface area contributed by atoms with Crippen molar-refractivity contribution in [1.29, 1.82) is 0 Å². The van der Waals surface area contributed by atoms with Crippen molar-refractivity contribution in [1.82, 2.24) is 0 Å². The van der Waals surface area contributed by atoms with Gasteiger partial charge in [-0.3, -0.25) is 0 Å². The average molecular weight is 331 g/mol. The maximum Gasteiger partial charge on any atom is 0.340 e. The summed E-state index contributed by atoms with van der Waals surface area (Å²) in [4.78, 5) is 13.9. The number of halogens is 1. The lowest BCUT2D eigenvalue weighted by Gasteiger charge is -2.20. The van der Waals surface area contributed by atoms with Crippen LogP contribution in [0, 0.1) is 3.57 Å². The summed E-state index contributed by atoms with van der Waals surface area (Å²) in [6, 6.07) is 5.93. The number of hydrogen-bond donors (Lipinski definition) is 0. The first kappa shape index (κ1) is 11.7. The first-order valence-electron chi connectivity index (χ1n) is 5.35. The Morgan fingerprint density at radius 1 is 1.38 bits per heavy atom. The van der Waals surface area contributed by atoms with Gasteiger partial charge in [0.25, 0.3) is 0 Å². The fraction of sp³-hybridized carbons (Fsp3) is 0.417. The van der Waals surface area contributed by atoms with E-state index in [0.29, 0.717) is 5.56 Å². The zero-order valence-corrected chi connectivity index (χ0v) is 11.4. The quantitative estimate of drug-likeness (QED) is 0.616. The van der Waals surface area contributed by atoms with Gasteiger partial charge in [-0.05, 0) is 53.6 Å². The molecule has 0 amide bonds. The molecule has 4 heteroatoms. The monoisotopic (exact) mass is 331 g/mol. The molecule has 1 aliphatic rings. The van der Waals surface area contributed by atoms with Crippen LogP contribution in [0.5, 0.6) is 0 Å². The molecule has 1 saturated heterocycles. The van der Waals surface area contributed by atoms with Crippen molar-refractivity contribution in [2.45, 2.75) is 12.8 Å². The smallest absolute Gasteiger partial charge is 0.340 e. The molecule has 3 nitrogen and oxygen atoms in total. The number of rotatable bonds is 2. The highest BCUT2D eigenvalue weighted by Crippen LogP contribution is 2.26. The van der Waals surface area contributed by atoms with Crippen LogP contribution in [-0.2, 0) is 4.74 Å². The first-order chi connectivity index (χ1) is 7.72. The van der Waals surface area contributed by atoms with Gasteiger partial charge in [-0.25, -0.2) is 4.79 Å². The molecule has 1 aromatic carbocycles. The summed E-state index contributed by atoms with van der Waals surface area (Å²) in [5.74, 6) is -0.250. The second kappa shape index (κ2) is 5.03. The highest BCUT2D eigenvalue weighted by molar-refractivity contribution is 14.1. The van der Waals surface area contributed by atoms with Gasteiger partial charge in [-0.2, -0.15) is 0 Å². The maximum atomic E-state index is 11.7. The number of carbonyl (C=O) groups excluding carboxylic acids is 1. The molecule has 0 atom stereocenters. The normalized spacial score (nSPS) is 15.2. The third-order valence-electron chi connectivity index (χ3n) is 2.81. The molecule has 1 fully saturated rings. The summed E-state index contributed by atoms with van der Waals surface area (Å²) < 4.78 is 5.88. The van der Waals surface area contributed by atoms with Crippen LogP contribution in [0.2, 0.25) is 0 Å². The Hall–Kier alpha value is -0.780. The molecule has 0 unspecified atom stereocenters. The molecule has 2 rings (SSSR count). The second-order valence-corrected chi connectivity index (χ2v) is 5.09. The zero-order valence-electron chi connectivity index (χ0n) is 9.20. The Morgan fingerprint density at radius 3 is 2.69 bits per heavy atom. The van der Waals surface area contributed by atoms with E-state index in [0.717, 1.165) is 22.3 Å². The predicted molar refractivity (Wildman–Crippen MR) is 71.9 cm³/mol. The van der Waals surface area contributed by atoms with Crippen LogP contribution in [0.25, 0.3) is 0 Å². The summed E-state index contributed by atoms with van der Waals surface area (Å²) >= 11 is 2.21. The standard InChI is InChI=1S/C12H14INO2/c1-16-12(15)10-8-9(13)4-5-11(10)14-6-2-3-7-14/h4-5,8H,2-3,6-7H2,1H3. The highest BCUT2D eigenvalue weighted by Gasteiger charge is 2.19. The topological polar surface area (TPSA) is 29.5 Å². The Morgan fingerprint density at radius 2 is 2.06 bits per heavy atom. The fourth-order valence-electron chi connectivity index (χ4n) is 2.02. The summed E-state index contributed by atoms with van der Waals surface area (Å²) in [6.45, 7) is 2.06. The zero-order chi connectivity index (χ0) is 11.5. The van der Waals surface area contributed by atoms with Crippen LogP contribution >= 0.6 is 22.6 Å². The molecule has 0 aromatic heterocycles. The minimum atomic E-state index is -0.250. The summed E-state index contributed by atoms with van der Waals surface area (Å²) in [5, 5.41) is 0. The van der Waals surface area contributed by atoms with Crippen LogP contribution < -0.4 is 4.90 Å². The molecule has 0 N–H and O–H groups in total. The Kier molecular flexibility index (Phi) is 3.68. The molecular weight excluding hydrogens is 317 g/mol. The minimum Gasteiger partial charge on any atom is -0.465 e. The second-order valence-electron chi connectivity index (χ2n) is 3.85. The number of methoxy groups -OCH3 is 1. The van der Waals surface area contributed by atoms with Crippen molar-refractivity contribution in [3.05, 3.63) is 27.3 Å². The van der Waals surface area contributed by atoms with E-state index in [9.17, 15) is 4.79 Å². The number of carbonyl (C=O) groups is 1. The fourth-order valence-corrected chi connectivity index (χ4v) is 2.51. The van der Waals surface area contributed by atoms with E-state index in [4.69, 9.17) is 4.74 Å². The predicted octanol–water partition coefficient (Wildman–Crippen LogP) is 2.68. The van der Waals surface area contributed by atoms with E-state index in [2.05, 4.69) is 27.5 Å². The Labute approximate surface area is 109 Å². The molecule has 0 spiro atoms. The van der Waals surface area contributed by atoms with Gasteiger partial charge in [0, 0.05) is 16.7 Å². The Bertz CT molecular complexity index is 400. The number of esters is 1. The summed E-state index contributed by atoms with van der Waals surface area (Å²) in [7, 11) is 1.43. The van der Waals surface area contributed by atoms with Gasteiger partial charge >= 0.3 is 5.97 Å². The van der Waals surface area contributed by atoms with E-state index in [1.807, 2.05) is 18.2 Å². The summed E-state index contributed by atoms with van der Waals surface area (Å²) in [6.07, 6.45) is 2.40. The van der Waals surface area contributed by atoms with Crippen LogP contribution in [0.1, 0.15) is 23.2 Å².